The van der Waals surface area contributed by atoms with Crippen molar-refractivity contribution in [3.63, 3.8) is 0 Å². The standard InChI is InChI=1S/C11H12FN3O5/c12-4-1-15(9-6(4)10(19)14-3-13-9)11-8(18)7(17)5(2-16)20-11/h1,3,5-8,11,16-18H,2H2/t5-,6?,7-,8-,11-/m1/s1. The molecule has 5 atom stereocenters. The molecule has 8 nitrogen and oxygen atoms in total. The van der Waals surface area contributed by atoms with E-state index >= 15 is 0 Å². The van der Waals surface area contributed by atoms with Gasteiger partial charge in [-0.15, -0.1) is 0 Å². The second-order valence-corrected chi connectivity index (χ2v) is 4.65. The highest BCUT2D eigenvalue weighted by molar-refractivity contribution is 6.14. The molecule has 0 bridgehead atoms. The molecule has 0 spiro atoms. The van der Waals surface area contributed by atoms with E-state index in [9.17, 15) is 19.4 Å². The molecule has 3 aliphatic rings. The Balaban J connectivity index is 1.90. The smallest absolute Gasteiger partial charge is 0.264 e. The molecule has 20 heavy (non-hydrogen) atoms. The zero-order valence-electron chi connectivity index (χ0n) is 10.1. The van der Waals surface area contributed by atoms with Gasteiger partial charge in [0.15, 0.2) is 12.1 Å². The number of halogens is 1. The number of amides is 1. The quantitative estimate of drug-likeness (QED) is 0.548. The Kier molecular flexibility index (Phi) is 3.13. The summed E-state index contributed by atoms with van der Waals surface area (Å²) in [6.07, 6.45) is -2.82. The molecule has 0 radical (unpaired) electrons. The first-order chi connectivity index (χ1) is 9.54. The maximum absolute atomic E-state index is 13.8. The van der Waals surface area contributed by atoms with Crippen LogP contribution in [0, 0.1) is 5.92 Å². The number of ether oxygens (including phenoxy) is 1. The van der Waals surface area contributed by atoms with Gasteiger partial charge in [-0.1, -0.05) is 0 Å². The maximum atomic E-state index is 13.8. The first-order valence-corrected chi connectivity index (χ1v) is 5.96. The van der Waals surface area contributed by atoms with Gasteiger partial charge >= 0.3 is 0 Å². The number of nitrogens with zero attached hydrogens (tertiary/aromatic N) is 3. The number of aliphatic hydroxyl groups excluding tert-OH is 3. The Labute approximate surface area is 112 Å². The van der Waals surface area contributed by atoms with Crippen molar-refractivity contribution in [3.8, 4) is 0 Å². The molecule has 1 unspecified atom stereocenters. The summed E-state index contributed by atoms with van der Waals surface area (Å²) in [6.45, 7) is -0.495. The summed E-state index contributed by atoms with van der Waals surface area (Å²) in [7, 11) is 0. The number of aliphatic imine (C=N–C) groups is 2. The summed E-state index contributed by atoms with van der Waals surface area (Å²) in [5, 5.41) is 28.6. The van der Waals surface area contributed by atoms with Crippen LogP contribution in [0.25, 0.3) is 0 Å². The van der Waals surface area contributed by atoms with Gasteiger partial charge in [-0.2, -0.15) is 0 Å². The number of carbonyl (C=O) groups is 1. The van der Waals surface area contributed by atoms with Crippen LogP contribution in [0.3, 0.4) is 0 Å². The predicted octanol–water partition coefficient (Wildman–Crippen LogP) is -1.86. The van der Waals surface area contributed by atoms with Crippen molar-refractivity contribution in [1.29, 1.82) is 0 Å². The molecule has 108 valence electrons. The van der Waals surface area contributed by atoms with Crippen LogP contribution >= 0.6 is 0 Å². The topological polar surface area (TPSA) is 115 Å². The highest BCUT2D eigenvalue weighted by atomic mass is 19.1. The van der Waals surface area contributed by atoms with Crippen molar-refractivity contribution in [2.75, 3.05) is 6.61 Å². The van der Waals surface area contributed by atoms with Crippen LogP contribution in [-0.2, 0) is 9.53 Å². The van der Waals surface area contributed by atoms with Gasteiger partial charge in [-0.05, 0) is 0 Å². The van der Waals surface area contributed by atoms with Gasteiger partial charge in [-0.25, -0.2) is 14.4 Å². The summed E-state index contributed by atoms with van der Waals surface area (Å²) in [6, 6.07) is 0. The van der Waals surface area contributed by atoms with Gasteiger partial charge in [0, 0.05) is 6.20 Å². The lowest BCUT2D eigenvalue weighted by atomic mass is 10.1. The number of aliphatic hydroxyl groups is 3. The summed E-state index contributed by atoms with van der Waals surface area (Å²) >= 11 is 0. The molecular formula is C11H12FN3O5. The van der Waals surface area contributed by atoms with Crippen molar-refractivity contribution >= 4 is 18.1 Å². The Morgan fingerprint density at radius 3 is 2.80 bits per heavy atom. The second kappa shape index (κ2) is 4.70. The third-order valence-electron chi connectivity index (χ3n) is 3.47. The third kappa shape index (κ3) is 1.79. The normalized spacial score (nSPS) is 39.9. The van der Waals surface area contributed by atoms with E-state index in [1.165, 1.54) is 0 Å². The average molecular weight is 285 g/mol. The van der Waals surface area contributed by atoms with Crippen molar-refractivity contribution < 1.29 is 29.2 Å². The molecule has 3 N–H and O–H groups in total. The minimum atomic E-state index is -1.37. The molecule has 0 aromatic heterocycles. The van der Waals surface area contributed by atoms with Crippen molar-refractivity contribution in [2.45, 2.75) is 24.5 Å². The first-order valence-electron chi connectivity index (χ1n) is 5.96. The van der Waals surface area contributed by atoms with Crippen LogP contribution in [0.1, 0.15) is 0 Å². The van der Waals surface area contributed by atoms with Crippen molar-refractivity contribution in [3.05, 3.63) is 12.0 Å². The molecule has 3 rings (SSSR count). The number of fused-ring (bicyclic) bond motifs is 1. The zero-order chi connectivity index (χ0) is 14.4. The van der Waals surface area contributed by atoms with Gasteiger partial charge in [0.25, 0.3) is 5.91 Å². The summed E-state index contributed by atoms with van der Waals surface area (Å²) in [5.74, 6) is -2.65. The second-order valence-electron chi connectivity index (χ2n) is 4.65. The lowest BCUT2D eigenvalue weighted by Gasteiger charge is -2.27. The lowest BCUT2D eigenvalue weighted by Crippen LogP contribution is -2.45. The lowest BCUT2D eigenvalue weighted by molar-refractivity contribution is -0.119. The number of amidine groups is 1. The van der Waals surface area contributed by atoms with Gasteiger partial charge < -0.3 is 25.0 Å². The Hall–Kier alpha value is -1.68. The third-order valence-corrected chi connectivity index (χ3v) is 3.47. The van der Waals surface area contributed by atoms with E-state index in [0.29, 0.717) is 0 Å². The highest BCUT2D eigenvalue weighted by Gasteiger charge is 2.50. The fourth-order valence-corrected chi connectivity index (χ4v) is 2.45. The molecule has 1 amide bonds. The van der Waals surface area contributed by atoms with Gasteiger partial charge in [0.05, 0.1) is 6.61 Å². The van der Waals surface area contributed by atoms with Crippen LogP contribution in [-0.4, -0.2) is 69.4 Å². The summed E-state index contributed by atoms with van der Waals surface area (Å²) in [4.78, 5) is 19.9. The van der Waals surface area contributed by atoms with Crippen LogP contribution in [0.2, 0.25) is 0 Å². The minimum Gasteiger partial charge on any atom is -0.394 e. The number of rotatable bonds is 2. The molecule has 1 saturated heterocycles. The molecule has 3 heterocycles. The van der Waals surface area contributed by atoms with Crippen molar-refractivity contribution in [2.24, 2.45) is 15.9 Å². The Morgan fingerprint density at radius 1 is 1.40 bits per heavy atom. The van der Waals surface area contributed by atoms with Crippen LogP contribution in [0.15, 0.2) is 22.0 Å². The van der Waals surface area contributed by atoms with Crippen LogP contribution < -0.4 is 0 Å². The van der Waals surface area contributed by atoms with E-state index in [0.717, 1.165) is 17.4 Å². The molecule has 9 heteroatoms. The van der Waals surface area contributed by atoms with E-state index in [2.05, 4.69) is 9.98 Å². The molecular weight excluding hydrogens is 273 g/mol. The maximum Gasteiger partial charge on any atom is 0.264 e. The minimum absolute atomic E-state index is 0.0392. The largest absolute Gasteiger partial charge is 0.394 e. The van der Waals surface area contributed by atoms with Gasteiger partial charge in [0.2, 0.25) is 0 Å². The first kappa shape index (κ1) is 13.3. The Bertz CT molecular complexity index is 534. The van der Waals surface area contributed by atoms with E-state index in [1.807, 2.05) is 0 Å². The van der Waals surface area contributed by atoms with E-state index < -0.39 is 48.8 Å². The Morgan fingerprint density at radius 2 is 2.15 bits per heavy atom. The van der Waals surface area contributed by atoms with E-state index in [4.69, 9.17) is 9.84 Å². The molecule has 3 aliphatic heterocycles. The average Bonchev–Trinajstić information content (AvgIpc) is 2.90. The number of carbonyl (C=O) groups excluding carboxylic acids is 1. The fraction of sp³-hybridized carbons (Fsp3) is 0.545. The van der Waals surface area contributed by atoms with Crippen LogP contribution in [0.4, 0.5) is 4.39 Å². The van der Waals surface area contributed by atoms with Gasteiger partial charge in [-0.3, -0.25) is 4.79 Å². The molecule has 0 aromatic rings. The monoisotopic (exact) mass is 285 g/mol. The zero-order valence-corrected chi connectivity index (χ0v) is 10.1. The molecule has 0 aliphatic carbocycles. The van der Waals surface area contributed by atoms with Crippen LogP contribution in [0.5, 0.6) is 0 Å². The van der Waals surface area contributed by atoms with E-state index in [1.54, 1.807) is 0 Å². The molecule has 1 fully saturated rings. The van der Waals surface area contributed by atoms with Gasteiger partial charge in [0.1, 0.15) is 36.3 Å². The van der Waals surface area contributed by atoms with E-state index in [-0.39, 0.29) is 5.84 Å². The molecule has 0 saturated carbocycles. The highest BCUT2D eigenvalue weighted by Crippen LogP contribution is 2.34. The number of hydrogen-bond donors (Lipinski definition) is 3. The molecule has 0 aromatic carbocycles. The van der Waals surface area contributed by atoms with Crippen molar-refractivity contribution in [1.82, 2.24) is 4.90 Å². The summed E-state index contributed by atoms with van der Waals surface area (Å²) in [5.41, 5.74) is 0. The SMILES string of the molecule is O=C1N=CN=C2C1C(F)=CN2[C@@H]1O[C@H](CO)[C@@H](O)[C@H]1O. The summed E-state index contributed by atoms with van der Waals surface area (Å²) < 4.78 is 19.1. The number of hydrogen-bond acceptors (Lipinski definition) is 7. The predicted molar refractivity (Wildman–Crippen MR) is 63.2 cm³/mol. The fourth-order valence-electron chi connectivity index (χ4n) is 2.45.